The second kappa shape index (κ2) is 7.98. The van der Waals surface area contributed by atoms with E-state index in [1.54, 1.807) is 13.1 Å². The zero-order chi connectivity index (χ0) is 9.23. The van der Waals surface area contributed by atoms with Crippen molar-refractivity contribution < 1.29 is 9.53 Å². The molecule has 12 heavy (non-hydrogen) atoms. The molecule has 0 aromatic rings. The molecular formula is C7H13N3O2. The molecule has 2 N–H and O–H groups in total. The number of ether oxygens (including phenoxy) is 1. The fourth-order valence-electron chi connectivity index (χ4n) is 0.528. The first-order chi connectivity index (χ1) is 5.81. The molecule has 0 heterocycles. The summed E-state index contributed by atoms with van der Waals surface area (Å²) in [6.07, 6.45) is 0. The van der Waals surface area contributed by atoms with E-state index in [1.807, 2.05) is 0 Å². The van der Waals surface area contributed by atoms with E-state index in [4.69, 9.17) is 10.00 Å². The molecule has 0 aromatic carbocycles. The molecule has 0 aliphatic carbocycles. The number of hydrogen-bond donors (Lipinski definition) is 2. The molecule has 0 aliphatic rings. The Labute approximate surface area is 71.7 Å². The summed E-state index contributed by atoms with van der Waals surface area (Å²) in [5.41, 5.74) is 0. The monoisotopic (exact) mass is 171 g/mol. The third-order valence-corrected chi connectivity index (χ3v) is 1.09. The van der Waals surface area contributed by atoms with Gasteiger partial charge in [0, 0.05) is 6.54 Å². The predicted molar refractivity (Wildman–Crippen MR) is 43.4 cm³/mol. The van der Waals surface area contributed by atoms with Crippen LogP contribution in [-0.2, 0) is 9.53 Å². The van der Waals surface area contributed by atoms with Crippen LogP contribution in [0.5, 0.6) is 0 Å². The van der Waals surface area contributed by atoms with Gasteiger partial charge in [0.25, 0.3) is 0 Å². The lowest BCUT2D eigenvalue weighted by molar-refractivity contribution is -0.125. The van der Waals surface area contributed by atoms with Gasteiger partial charge in [0.05, 0.1) is 12.7 Å². The van der Waals surface area contributed by atoms with Crippen molar-refractivity contribution >= 4 is 5.91 Å². The summed E-state index contributed by atoms with van der Waals surface area (Å²) in [6, 6.07) is 1.80. The molecule has 0 aliphatic heterocycles. The first kappa shape index (κ1) is 10.9. The van der Waals surface area contributed by atoms with E-state index >= 15 is 0 Å². The minimum Gasteiger partial charge on any atom is -0.370 e. The molecule has 5 heteroatoms. The average Bonchev–Trinajstić information content (AvgIpc) is 2.09. The smallest absolute Gasteiger partial charge is 0.246 e. The van der Waals surface area contributed by atoms with Crippen LogP contribution in [0.4, 0.5) is 0 Å². The summed E-state index contributed by atoms with van der Waals surface area (Å²) in [6.45, 7) is 1.26. The minimum absolute atomic E-state index is 0.0172. The van der Waals surface area contributed by atoms with Crippen molar-refractivity contribution in [2.75, 3.05) is 33.4 Å². The van der Waals surface area contributed by atoms with Crippen molar-refractivity contribution in [2.24, 2.45) is 0 Å². The third-order valence-electron chi connectivity index (χ3n) is 1.09. The Morgan fingerprint density at radius 2 is 2.42 bits per heavy atom. The minimum atomic E-state index is -0.257. The van der Waals surface area contributed by atoms with Gasteiger partial charge in [-0.15, -0.1) is 0 Å². The maximum atomic E-state index is 10.8. The van der Waals surface area contributed by atoms with Gasteiger partial charge in [0.1, 0.15) is 13.2 Å². The number of amides is 1. The number of carbonyl (C=O) groups is 1. The van der Waals surface area contributed by atoms with Gasteiger partial charge < -0.3 is 15.4 Å². The Bertz CT molecular complexity index is 165. The van der Waals surface area contributed by atoms with E-state index in [-0.39, 0.29) is 19.1 Å². The highest BCUT2D eigenvalue weighted by molar-refractivity contribution is 5.77. The van der Waals surface area contributed by atoms with Crippen molar-refractivity contribution in [2.45, 2.75) is 0 Å². The highest BCUT2D eigenvalue weighted by Gasteiger charge is 1.98. The highest BCUT2D eigenvalue weighted by atomic mass is 16.5. The first-order valence-corrected chi connectivity index (χ1v) is 3.67. The Morgan fingerprint density at radius 1 is 1.67 bits per heavy atom. The second-order valence-electron chi connectivity index (χ2n) is 2.09. The van der Waals surface area contributed by atoms with Crippen molar-refractivity contribution in [3.63, 3.8) is 0 Å². The maximum Gasteiger partial charge on any atom is 0.246 e. The van der Waals surface area contributed by atoms with Crippen LogP contribution < -0.4 is 10.6 Å². The summed E-state index contributed by atoms with van der Waals surface area (Å²) >= 11 is 0. The van der Waals surface area contributed by atoms with Gasteiger partial charge >= 0.3 is 0 Å². The first-order valence-electron chi connectivity index (χ1n) is 3.67. The highest BCUT2D eigenvalue weighted by Crippen LogP contribution is 1.73. The summed E-state index contributed by atoms with van der Waals surface area (Å²) in [7, 11) is 1.80. The number of hydrogen-bond acceptors (Lipinski definition) is 4. The van der Waals surface area contributed by atoms with E-state index in [0.29, 0.717) is 13.2 Å². The predicted octanol–water partition coefficient (Wildman–Crippen LogP) is -1.14. The number of nitriles is 1. The van der Waals surface area contributed by atoms with Gasteiger partial charge in [0.15, 0.2) is 0 Å². The van der Waals surface area contributed by atoms with Gasteiger partial charge in [-0.25, -0.2) is 0 Å². The van der Waals surface area contributed by atoms with E-state index in [0.717, 1.165) is 0 Å². The molecule has 68 valence electrons. The lowest BCUT2D eigenvalue weighted by Gasteiger charge is -2.02. The van der Waals surface area contributed by atoms with Crippen LogP contribution in [0.15, 0.2) is 0 Å². The van der Waals surface area contributed by atoms with Crippen LogP contribution in [0, 0.1) is 11.3 Å². The summed E-state index contributed by atoms with van der Waals surface area (Å²) < 4.78 is 4.95. The van der Waals surface area contributed by atoms with Crippen LogP contribution in [0.1, 0.15) is 0 Å². The molecule has 1 amide bonds. The molecule has 0 rings (SSSR count). The summed E-state index contributed by atoms with van der Waals surface area (Å²) in [5.74, 6) is -0.257. The fraction of sp³-hybridized carbons (Fsp3) is 0.714. The largest absolute Gasteiger partial charge is 0.370 e. The zero-order valence-electron chi connectivity index (χ0n) is 7.09. The number of rotatable bonds is 6. The van der Waals surface area contributed by atoms with Gasteiger partial charge in [-0.3, -0.25) is 4.79 Å². The number of likely N-dealkylation sites (N-methyl/N-ethyl adjacent to an activating group) is 1. The number of nitrogens with zero attached hydrogens (tertiary/aromatic N) is 1. The molecular weight excluding hydrogens is 158 g/mol. The Balaban J connectivity index is 3.15. The van der Waals surface area contributed by atoms with Gasteiger partial charge in [-0.1, -0.05) is 0 Å². The Morgan fingerprint density at radius 3 is 3.00 bits per heavy atom. The number of carbonyl (C=O) groups excluding carboxylic acids is 1. The zero-order valence-corrected chi connectivity index (χ0v) is 7.09. The standard InChI is InChI=1S/C7H13N3O2/c1-9-4-5-12-6-7(11)10-3-2-8/h9H,3-6H2,1H3,(H,10,11). The molecule has 0 radical (unpaired) electrons. The van der Waals surface area contributed by atoms with Gasteiger partial charge in [-0.05, 0) is 7.05 Å². The molecule has 0 saturated heterocycles. The molecule has 0 fully saturated rings. The number of nitrogens with one attached hydrogen (secondary N) is 2. The van der Waals surface area contributed by atoms with E-state index < -0.39 is 0 Å². The van der Waals surface area contributed by atoms with E-state index in [1.165, 1.54) is 0 Å². The topological polar surface area (TPSA) is 74.2 Å². The summed E-state index contributed by atoms with van der Waals surface area (Å²) in [4.78, 5) is 10.8. The van der Waals surface area contributed by atoms with Gasteiger partial charge in [0.2, 0.25) is 5.91 Å². The second-order valence-corrected chi connectivity index (χ2v) is 2.09. The molecule has 0 aromatic heterocycles. The maximum absolute atomic E-state index is 10.8. The summed E-state index contributed by atoms with van der Waals surface area (Å²) in [5, 5.41) is 13.3. The van der Waals surface area contributed by atoms with Crippen LogP contribution in [0.3, 0.4) is 0 Å². The normalized spacial score (nSPS) is 9.00. The Kier molecular flexibility index (Phi) is 7.24. The molecule has 0 bridgehead atoms. The lowest BCUT2D eigenvalue weighted by Crippen LogP contribution is -2.29. The van der Waals surface area contributed by atoms with Crippen LogP contribution in [0.25, 0.3) is 0 Å². The molecule has 5 nitrogen and oxygen atoms in total. The van der Waals surface area contributed by atoms with Crippen molar-refractivity contribution in [3.8, 4) is 6.07 Å². The molecule has 0 saturated carbocycles. The van der Waals surface area contributed by atoms with Crippen molar-refractivity contribution in [1.82, 2.24) is 10.6 Å². The SMILES string of the molecule is CNCCOCC(=O)NCC#N. The molecule has 0 unspecified atom stereocenters. The van der Waals surface area contributed by atoms with E-state index in [2.05, 4.69) is 10.6 Å². The van der Waals surface area contributed by atoms with E-state index in [9.17, 15) is 4.79 Å². The molecule has 0 atom stereocenters. The Hall–Kier alpha value is -1.12. The van der Waals surface area contributed by atoms with Crippen LogP contribution in [-0.4, -0.2) is 39.3 Å². The average molecular weight is 171 g/mol. The van der Waals surface area contributed by atoms with Crippen molar-refractivity contribution in [1.29, 1.82) is 5.26 Å². The van der Waals surface area contributed by atoms with Gasteiger partial charge in [-0.2, -0.15) is 5.26 Å². The molecule has 0 spiro atoms. The van der Waals surface area contributed by atoms with Crippen molar-refractivity contribution in [3.05, 3.63) is 0 Å². The quantitative estimate of drug-likeness (QED) is 0.391. The fourth-order valence-corrected chi connectivity index (χ4v) is 0.528. The van der Waals surface area contributed by atoms with Crippen LogP contribution in [0.2, 0.25) is 0 Å². The lowest BCUT2D eigenvalue weighted by atomic mass is 10.6. The van der Waals surface area contributed by atoms with Crippen LogP contribution >= 0.6 is 0 Å². The third kappa shape index (κ3) is 6.99.